The molecule has 4 amide bonds. The summed E-state index contributed by atoms with van der Waals surface area (Å²) in [5.41, 5.74) is 2.99. The zero-order chi connectivity index (χ0) is 36.5. The number of nitrogens with zero attached hydrogens (tertiary/aromatic N) is 3. The fraction of sp³-hybridized carbons (Fsp3) is 0.371. The lowest BCUT2D eigenvalue weighted by molar-refractivity contribution is 0.0916. The minimum Gasteiger partial charge on any atom is -0.497 e. The van der Waals surface area contributed by atoms with Gasteiger partial charge in [0, 0.05) is 42.7 Å². The highest BCUT2D eigenvalue weighted by Crippen LogP contribution is 2.34. The maximum absolute atomic E-state index is 13.0. The van der Waals surface area contributed by atoms with Crippen LogP contribution in [-0.2, 0) is 0 Å². The van der Waals surface area contributed by atoms with Gasteiger partial charge in [-0.2, -0.15) is 0 Å². The molecule has 0 radical (unpaired) electrons. The van der Waals surface area contributed by atoms with E-state index in [1.165, 1.54) is 22.7 Å². The van der Waals surface area contributed by atoms with Crippen LogP contribution in [0.5, 0.6) is 5.75 Å². The summed E-state index contributed by atoms with van der Waals surface area (Å²) in [5.74, 6) is 0.829. The topological polar surface area (TPSA) is 155 Å². The third-order valence-electron chi connectivity index (χ3n) is 8.62. The molecule has 2 fully saturated rings. The number of Topliss-reactive ketones (excluding diaryl/α,β-unsaturated/α-hetero) is 2. The van der Waals surface area contributed by atoms with Crippen molar-refractivity contribution in [3.8, 4) is 5.75 Å². The van der Waals surface area contributed by atoms with E-state index in [1.54, 1.807) is 43.8 Å². The SMILES string of the molecule is CN(C)c1ccc(NC(=O)Nc2ncc(Br)s2)c(C(=O)C2CCCC2)c1.COc1ccc(NC(=O)Nc2ncc(Br)s2)c(C(=O)C2CCCC2)c1. The van der Waals surface area contributed by atoms with Crippen LogP contribution >= 0.6 is 54.5 Å². The van der Waals surface area contributed by atoms with Crippen molar-refractivity contribution < 1.29 is 23.9 Å². The molecule has 6 rings (SSSR count). The first-order valence-electron chi connectivity index (χ1n) is 16.5. The third kappa shape index (κ3) is 10.6. The van der Waals surface area contributed by atoms with Gasteiger partial charge in [-0.1, -0.05) is 48.4 Å². The predicted molar refractivity (Wildman–Crippen MR) is 211 cm³/mol. The van der Waals surface area contributed by atoms with Crippen molar-refractivity contribution >= 4 is 105 Å². The number of ether oxygens (including phenoxy) is 1. The molecule has 0 unspecified atom stereocenters. The van der Waals surface area contributed by atoms with E-state index < -0.39 is 12.1 Å². The number of thiazole rings is 2. The van der Waals surface area contributed by atoms with Crippen LogP contribution in [-0.4, -0.2) is 54.8 Å². The Kier molecular flexibility index (Phi) is 13.6. The van der Waals surface area contributed by atoms with Gasteiger partial charge in [0.05, 0.1) is 38.5 Å². The Morgan fingerprint density at radius 1 is 0.706 bits per heavy atom. The number of anilines is 5. The normalized spacial score (nSPS) is 14.3. The Morgan fingerprint density at radius 2 is 1.16 bits per heavy atom. The lowest BCUT2D eigenvalue weighted by Crippen LogP contribution is -2.22. The van der Waals surface area contributed by atoms with Gasteiger partial charge in [0.2, 0.25) is 0 Å². The molecule has 51 heavy (non-hydrogen) atoms. The standard InChI is InChI=1S/C18H21BrN4O2S.C17H18BrN3O3S/c1-23(2)12-7-8-14(13(9-12)16(24)11-5-3-4-6-11)21-17(25)22-18-20-10-15(19)26-18;1-24-11-6-7-13(12(8-11)15(22)10-4-2-3-5-10)20-16(23)21-17-19-9-14(18)25-17/h7-11H,3-6H2,1-2H3,(H2,20,21,22,25);6-10H,2-5H2,1H3,(H2,19,20,21,23). The molecule has 2 aliphatic rings. The van der Waals surface area contributed by atoms with E-state index in [1.807, 2.05) is 31.1 Å². The summed E-state index contributed by atoms with van der Waals surface area (Å²) in [7, 11) is 5.41. The van der Waals surface area contributed by atoms with Crippen molar-refractivity contribution in [2.45, 2.75) is 51.4 Å². The first-order valence-corrected chi connectivity index (χ1v) is 19.7. The molecule has 2 aromatic heterocycles. The highest BCUT2D eigenvalue weighted by Gasteiger charge is 2.28. The first kappa shape index (κ1) is 38.4. The maximum atomic E-state index is 13.0. The summed E-state index contributed by atoms with van der Waals surface area (Å²) in [6, 6.07) is 9.79. The second-order valence-electron chi connectivity index (χ2n) is 12.3. The van der Waals surface area contributed by atoms with Crippen molar-refractivity contribution in [1.29, 1.82) is 0 Å². The van der Waals surface area contributed by atoms with Crippen LogP contribution in [0.2, 0.25) is 0 Å². The molecule has 0 bridgehead atoms. The van der Waals surface area contributed by atoms with Crippen LogP contribution in [0, 0.1) is 11.8 Å². The zero-order valence-corrected chi connectivity index (χ0v) is 33.2. The van der Waals surface area contributed by atoms with Gasteiger partial charge >= 0.3 is 12.1 Å². The van der Waals surface area contributed by atoms with Gasteiger partial charge in [-0.3, -0.25) is 20.2 Å². The number of hydrogen-bond donors (Lipinski definition) is 4. The van der Waals surface area contributed by atoms with Crippen LogP contribution in [0.15, 0.2) is 56.4 Å². The van der Waals surface area contributed by atoms with Gasteiger partial charge in [0.15, 0.2) is 21.8 Å². The second-order valence-corrected chi connectivity index (χ2v) is 17.1. The van der Waals surface area contributed by atoms with Crippen molar-refractivity contribution in [2.75, 3.05) is 47.4 Å². The fourth-order valence-electron chi connectivity index (χ4n) is 6.03. The van der Waals surface area contributed by atoms with Crippen molar-refractivity contribution in [3.63, 3.8) is 0 Å². The number of urea groups is 2. The molecule has 12 nitrogen and oxygen atoms in total. The minimum absolute atomic E-state index is 0.0191. The van der Waals surface area contributed by atoms with Crippen molar-refractivity contribution in [2.24, 2.45) is 11.8 Å². The quantitative estimate of drug-likeness (QED) is 0.115. The van der Waals surface area contributed by atoms with Gasteiger partial charge in [0.1, 0.15) is 5.75 Å². The molecule has 4 aromatic rings. The molecular formula is C35H39Br2N7O5S2. The number of methoxy groups -OCH3 is 1. The van der Waals surface area contributed by atoms with E-state index in [2.05, 4.69) is 63.1 Å². The fourth-order valence-corrected chi connectivity index (χ4v) is 8.23. The van der Waals surface area contributed by atoms with E-state index >= 15 is 0 Å². The molecule has 4 N–H and O–H groups in total. The second kappa shape index (κ2) is 18.1. The number of carbonyl (C=O) groups excluding carboxylic acids is 4. The molecule has 2 heterocycles. The van der Waals surface area contributed by atoms with Gasteiger partial charge in [-0.25, -0.2) is 19.6 Å². The van der Waals surface area contributed by atoms with E-state index in [-0.39, 0.29) is 23.4 Å². The van der Waals surface area contributed by atoms with Crippen LogP contribution in [0.1, 0.15) is 72.1 Å². The zero-order valence-electron chi connectivity index (χ0n) is 28.4. The van der Waals surface area contributed by atoms with Gasteiger partial charge in [0.25, 0.3) is 0 Å². The minimum atomic E-state index is -0.438. The molecule has 0 atom stereocenters. The number of hydrogen-bond acceptors (Lipinski definition) is 10. The number of rotatable bonds is 10. The van der Waals surface area contributed by atoms with E-state index in [0.717, 1.165) is 64.6 Å². The maximum Gasteiger partial charge on any atom is 0.325 e. The van der Waals surface area contributed by atoms with Crippen molar-refractivity contribution in [1.82, 2.24) is 9.97 Å². The van der Waals surface area contributed by atoms with Crippen LogP contribution < -0.4 is 30.9 Å². The smallest absolute Gasteiger partial charge is 0.325 e. The van der Waals surface area contributed by atoms with Gasteiger partial charge in [-0.05, 0) is 93.9 Å². The largest absolute Gasteiger partial charge is 0.497 e. The summed E-state index contributed by atoms with van der Waals surface area (Å²) in [5, 5.41) is 11.9. The van der Waals surface area contributed by atoms with Crippen molar-refractivity contribution in [3.05, 3.63) is 67.5 Å². The average molecular weight is 862 g/mol. The average Bonchev–Trinajstić information content (AvgIpc) is 3.95. The number of amides is 4. The number of halogens is 2. The number of nitrogens with one attached hydrogen (secondary N) is 4. The summed E-state index contributed by atoms with van der Waals surface area (Å²) >= 11 is 9.25. The van der Waals surface area contributed by atoms with Crippen LogP contribution in [0.25, 0.3) is 0 Å². The Bertz CT molecular complexity index is 1870. The Balaban J connectivity index is 0.000000198. The van der Waals surface area contributed by atoms with Crippen LogP contribution in [0.3, 0.4) is 0 Å². The molecule has 270 valence electrons. The summed E-state index contributed by atoms with van der Waals surface area (Å²) < 4.78 is 6.89. The van der Waals surface area contributed by atoms with Crippen LogP contribution in [0.4, 0.5) is 36.9 Å². The van der Waals surface area contributed by atoms with Gasteiger partial charge < -0.3 is 20.3 Å². The Labute approximate surface area is 321 Å². The lowest BCUT2D eigenvalue weighted by Gasteiger charge is -2.18. The summed E-state index contributed by atoms with van der Waals surface area (Å²) in [4.78, 5) is 60.4. The van der Waals surface area contributed by atoms with E-state index in [9.17, 15) is 19.2 Å². The van der Waals surface area contributed by atoms with E-state index in [4.69, 9.17) is 4.74 Å². The number of ketones is 2. The summed E-state index contributed by atoms with van der Waals surface area (Å²) in [6.07, 6.45) is 11.2. The molecule has 0 aliphatic heterocycles. The Hall–Kier alpha value is -3.86. The molecule has 0 saturated heterocycles. The lowest BCUT2D eigenvalue weighted by atomic mass is 9.94. The van der Waals surface area contributed by atoms with E-state index in [0.29, 0.717) is 38.5 Å². The molecule has 16 heteroatoms. The molecule has 0 spiro atoms. The number of aromatic nitrogens is 2. The predicted octanol–water partition coefficient (Wildman–Crippen LogP) is 9.92. The highest BCUT2D eigenvalue weighted by molar-refractivity contribution is 9.11. The molecular weight excluding hydrogens is 822 g/mol. The summed E-state index contributed by atoms with van der Waals surface area (Å²) in [6.45, 7) is 0. The molecule has 2 aromatic carbocycles. The Morgan fingerprint density at radius 3 is 1.57 bits per heavy atom. The number of carbonyl (C=O) groups is 4. The highest BCUT2D eigenvalue weighted by atomic mass is 79.9. The van der Waals surface area contributed by atoms with Gasteiger partial charge in [-0.15, -0.1) is 0 Å². The third-order valence-corrected chi connectivity index (χ3v) is 11.4. The molecule has 2 aliphatic carbocycles. The number of benzene rings is 2. The first-order chi connectivity index (χ1) is 24.5. The molecule has 2 saturated carbocycles. The monoisotopic (exact) mass is 859 g/mol.